The lowest BCUT2D eigenvalue weighted by molar-refractivity contribution is 0.669. The van der Waals surface area contributed by atoms with Crippen LogP contribution in [0.15, 0.2) is 186 Å². The third-order valence-corrected chi connectivity index (χ3v) is 12.9. The minimum atomic E-state index is 0.596. The second kappa shape index (κ2) is 12.4. The van der Waals surface area contributed by atoms with Crippen molar-refractivity contribution >= 4 is 96.8 Å². The van der Waals surface area contributed by atoms with Gasteiger partial charge < -0.3 is 8.98 Å². The summed E-state index contributed by atoms with van der Waals surface area (Å²) in [5.74, 6) is 1.82. The Bertz CT molecular complexity index is 3860. The van der Waals surface area contributed by atoms with Crippen molar-refractivity contribution in [3.05, 3.63) is 182 Å². The van der Waals surface area contributed by atoms with E-state index < -0.39 is 0 Å². The largest absolute Gasteiger partial charge is 0.456 e. The molecule has 0 N–H and O–H groups in total. The number of nitrogens with zero attached hydrogens (tertiary/aromatic N) is 4. The molecule has 0 fully saturated rings. The van der Waals surface area contributed by atoms with Gasteiger partial charge in [-0.05, 0) is 70.1 Å². The minimum absolute atomic E-state index is 0.596. The SMILES string of the molecule is c1ccc(-c2nc(-c3cc(-n4c5cc6ccccc6cc5c5c6ccccc6ccc54)c4c(c3)sc3ccccc34)nc(-c3cccc4oc5ccccc5c34)n2)cc1. The van der Waals surface area contributed by atoms with E-state index in [4.69, 9.17) is 19.4 Å². The molecule has 0 unspecified atom stereocenters. The molecule has 0 saturated heterocycles. The zero-order valence-electron chi connectivity index (χ0n) is 31.4. The third kappa shape index (κ3) is 4.87. The molecule has 0 bridgehead atoms. The van der Waals surface area contributed by atoms with Crippen LogP contribution in [0.4, 0.5) is 0 Å². The fraction of sp³-hybridized carbons (Fsp3) is 0. The molecule has 0 spiro atoms. The maximum atomic E-state index is 6.33. The summed E-state index contributed by atoms with van der Waals surface area (Å²) in [5, 5.41) is 11.8. The van der Waals surface area contributed by atoms with Gasteiger partial charge >= 0.3 is 0 Å². The summed E-state index contributed by atoms with van der Waals surface area (Å²) < 4.78 is 11.2. The van der Waals surface area contributed by atoms with E-state index in [0.29, 0.717) is 17.5 Å². The van der Waals surface area contributed by atoms with Crippen molar-refractivity contribution in [2.45, 2.75) is 0 Å². The summed E-state index contributed by atoms with van der Waals surface area (Å²) >= 11 is 1.81. The van der Waals surface area contributed by atoms with Crippen LogP contribution in [0, 0.1) is 0 Å². The van der Waals surface area contributed by atoms with E-state index in [1.165, 1.54) is 52.5 Å². The van der Waals surface area contributed by atoms with Crippen LogP contribution in [0.3, 0.4) is 0 Å². The first-order valence-electron chi connectivity index (χ1n) is 19.8. The zero-order valence-corrected chi connectivity index (χ0v) is 32.2. The summed E-state index contributed by atoms with van der Waals surface area (Å²) in [4.78, 5) is 15.8. The highest BCUT2D eigenvalue weighted by Crippen LogP contribution is 2.45. The first-order valence-corrected chi connectivity index (χ1v) is 20.6. The Labute approximate surface area is 341 Å². The van der Waals surface area contributed by atoms with Gasteiger partial charge in [-0.25, -0.2) is 15.0 Å². The second-order valence-electron chi connectivity index (χ2n) is 15.1. The normalized spacial score (nSPS) is 12.1. The van der Waals surface area contributed by atoms with Gasteiger partial charge in [0.05, 0.1) is 16.7 Å². The molecule has 0 amide bonds. The van der Waals surface area contributed by atoms with E-state index >= 15 is 0 Å². The van der Waals surface area contributed by atoms with Gasteiger partial charge in [0.2, 0.25) is 0 Å². The van der Waals surface area contributed by atoms with Crippen LogP contribution in [0.1, 0.15) is 0 Å². The topological polar surface area (TPSA) is 56.7 Å². The first kappa shape index (κ1) is 32.4. The van der Waals surface area contributed by atoms with Gasteiger partial charge in [0.15, 0.2) is 17.5 Å². The number of hydrogen-bond acceptors (Lipinski definition) is 5. The van der Waals surface area contributed by atoms with Gasteiger partial charge in [-0.2, -0.15) is 0 Å². The molecule has 4 aromatic heterocycles. The summed E-state index contributed by atoms with van der Waals surface area (Å²) in [5.41, 5.74) is 7.77. The minimum Gasteiger partial charge on any atom is -0.456 e. The van der Waals surface area contributed by atoms with Gasteiger partial charge in [0.1, 0.15) is 11.2 Å². The van der Waals surface area contributed by atoms with Gasteiger partial charge in [0.25, 0.3) is 0 Å². The Morgan fingerprint density at radius 3 is 1.93 bits per heavy atom. The molecule has 0 radical (unpaired) electrons. The van der Waals surface area contributed by atoms with Crippen LogP contribution in [0.5, 0.6) is 0 Å². The highest BCUT2D eigenvalue weighted by atomic mass is 32.1. The number of fused-ring (bicyclic) bond motifs is 12. The van der Waals surface area contributed by atoms with E-state index in [-0.39, 0.29) is 0 Å². The molecule has 0 aliphatic carbocycles. The molecule has 0 aliphatic heterocycles. The van der Waals surface area contributed by atoms with Crippen LogP contribution in [-0.4, -0.2) is 19.5 Å². The molecule has 0 atom stereocenters. The highest BCUT2D eigenvalue weighted by Gasteiger charge is 2.23. The number of hydrogen-bond donors (Lipinski definition) is 0. The smallest absolute Gasteiger partial charge is 0.164 e. The van der Waals surface area contributed by atoms with Crippen molar-refractivity contribution in [2.24, 2.45) is 0 Å². The fourth-order valence-corrected chi connectivity index (χ4v) is 10.3. The molecule has 13 aromatic rings. The van der Waals surface area contributed by atoms with Crippen molar-refractivity contribution in [2.75, 3.05) is 0 Å². The number of thiophene rings is 1. The lowest BCUT2D eigenvalue weighted by Crippen LogP contribution is -2.02. The van der Waals surface area contributed by atoms with Crippen LogP contribution in [-0.2, 0) is 0 Å². The number of aromatic nitrogens is 4. The van der Waals surface area contributed by atoms with Crippen molar-refractivity contribution in [3.8, 4) is 39.9 Å². The first-order chi connectivity index (χ1) is 29.2. The quantitative estimate of drug-likeness (QED) is 0.179. The van der Waals surface area contributed by atoms with E-state index in [1.807, 2.05) is 48.5 Å². The Hall–Kier alpha value is -7.67. The molecule has 0 aliphatic rings. The standard InChI is InChI=1S/C53H30N4OS/c1-2-14-32(15-3-1)51-54-52(56-53(55-51)39-21-12-23-45-49(39)37-19-8-10-22-44(37)58-45)35-29-43(50-38-20-9-11-24-46(38)59-47(50)30-35)57-41-26-25-31-13-6-7-18-36(31)48(41)40-27-33-16-4-5-17-34(33)28-42(40)57/h1-30H. The van der Waals surface area contributed by atoms with Crippen molar-refractivity contribution in [1.29, 1.82) is 0 Å². The van der Waals surface area contributed by atoms with E-state index in [1.54, 1.807) is 11.3 Å². The number of para-hydroxylation sites is 1. The average molecular weight is 771 g/mol. The summed E-state index contributed by atoms with van der Waals surface area (Å²) in [7, 11) is 0. The Morgan fingerprint density at radius 2 is 1.07 bits per heavy atom. The van der Waals surface area contributed by atoms with E-state index in [9.17, 15) is 0 Å². The maximum absolute atomic E-state index is 6.33. The third-order valence-electron chi connectivity index (χ3n) is 11.8. The molecular weight excluding hydrogens is 741 g/mol. The number of furan rings is 1. The number of rotatable bonds is 4. The van der Waals surface area contributed by atoms with Crippen molar-refractivity contribution < 1.29 is 4.42 Å². The summed E-state index contributed by atoms with van der Waals surface area (Å²) in [6.45, 7) is 0. The monoisotopic (exact) mass is 770 g/mol. The predicted octanol–water partition coefficient (Wildman–Crippen LogP) is 14.5. The van der Waals surface area contributed by atoms with E-state index in [2.05, 4.69) is 138 Å². The molecular formula is C53H30N4OS. The van der Waals surface area contributed by atoms with Crippen LogP contribution in [0.2, 0.25) is 0 Å². The lowest BCUT2D eigenvalue weighted by atomic mass is 10.0. The second-order valence-corrected chi connectivity index (χ2v) is 16.2. The molecule has 6 heteroatoms. The Morgan fingerprint density at radius 1 is 0.390 bits per heavy atom. The van der Waals surface area contributed by atoms with Crippen molar-refractivity contribution in [3.63, 3.8) is 0 Å². The van der Waals surface area contributed by atoms with Crippen LogP contribution < -0.4 is 0 Å². The molecule has 274 valence electrons. The van der Waals surface area contributed by atoms with E-state index in [0.717, 1.165) is 55.3 Å². The maximum Gasteiger partial charge on any atom is 0.164 e. The zero-order chi connectivity index (χ0) is 38.6. The molecule has 0 saturated carbocycles. The molecule has 13 rings (SSSR count). The summed E-state index contributed by atoms with van der Waals surface area (Å²) in [6.07, 6.45) is 0. The Kier molecular flexibility index (Phi) is 6.82. The molecule has 5 nitrogen and oxygen atoms in total. The molecule has 4 heterocycles. The average Bonchev–Trinajstić information content (AvgIpc) is 3.97. The fourth-order valence-electron chi connectivity index (χ4n) is 9.17. The lowest BCUT2D eigenvalue weighted by Gasteiger charge is -2.14. The van der Waals surface area contributed by atoms with Crippen LogP contribution >= 0.6 is 11.3 Å². The summed E-state index contributed by atoms with van der Waals surface area (Å²) in [6, 6.07) is 64.4. The van der Waals surface area contributed by atoms with Gasteiger partial charge in [-0.1, -0.05) is 133 Å². The van der Waals surface area contributed by atoms with Crippen LogP contribution in [0.25, 0.3) is 125 Å². The van der Waals surface area contributed by atoms with Gasteiger partial charge in [-0.15, -0.1) is 11.3 Å². The van der Waals surface area contributed by atoms with Gasteiger partial charge in [0, 0.05) is 58.4 Å². The predicted molar refractivity (Wildman–Crippen MR) is 246 cm³/mol. The number of benzene rings is 9. The Balaban J connectivity index is 1.15. The molecule has 59 heavy (non-hydrogen) atoms. The molecule has 9 aromatic carbocycles. The van der Waals surface area contributed by atoms with Gasteiger partial charge in [-0.3, -0.25) is 0 Å². The highest BCUT2D eigenvalue weighted by molar-refractivity contribution is 7.26. The van der Waals surface area contributed by atoms with Crippen molar-refractivity contribution in [1.82, 2.24) is 19.5 Å².